The molecule has 17 heteroatoms. The van der Waals surface area contributed by atoms with Crippen LogP contribution in [-0.4, -0.2) is 131 Å². The van der Waals surface area contributed by atoms with Gasteiger partial charge in [-0.2, -0.15) is 0 Å². The van der Waals surface area contributed by atoms with Gasteiger partial charge in [0, 0.05) is 40.0 Å². The Hall–Kier alpha value is -0.881. The van der Waals surface area contributed by atoms with E-state index in [1.54, 1.807) is 14.1 Å². The third kappa shape index (κ3) is 12.0. The molecule has 0 aliphatic heterocycles. The van der Waals surface area contributed by atoms with Gasteiger partial charge in [0.2, 0.25) is 11.8 Å². The molecule has 0 saturated heterocycles. The minimum Gasteiger partial charge on any atom is -0.748 e. The van der Waals surface area contributed by atoms with E-state index in [-0.39, 0.29) is 99.9 Å². The molecule has 71 heavy (non-hydrogen) atoms. The standard InChI is InChI=1S/2C27H47NO6S.Fe/c2*1-17(5-10-25(31)28(4)13-14-35(32,33)34)21-8-9-22-20-7-6-18-15-19(29)11-12-26(18,2)23(20)16-24(30)27(21,22)3;/h2*17-24,29-30H,5-16H2,1-4H3,(H,32,33,34);/q;;+2/p-2/t2*17-,18-,19-,20+,21-,22+,23+,24+,26+,27-;/m11./s1. The first-order valence-corrected chi connectivity index (χ1v) is 30.8. The number of nitrogens with zero attached hydrogens (tertiary/aromatic N) is 2. The first-order chi connectivity index (χ1) is 32.5. The third-order valence-corrected chi connectivity index (χ3v) is 24.2. The van der Waals surface area contributed by atoms with Gasteiger partial charge in [-0.1, -0.05) is 41.5 Å². The summed E-state index contributed by atoms with van der Waals surface area (Å²) in [7, 11) is -5.56. The van der Waals surface area contributed by atoms with Crippen LogP contribution in [0, 0.1) is 92.7 Å². The van der Waals surface area contributed by atoms with Crippen molar-refractivity contribution < 1.29 is 73.0 Å². The molecule has 20 atom stereocenters. The zero-order valence-corrected chi connectivity index (χ0v) is 47.1. The molecule has 0 radical (unpaired) electrons. The summed E-state index contributed by atoms with van der Waals surface area (Å²) >= 11 is 0. The fraction of sp³-hybridized carbons (Fsp3) is 0.963. The van der Waals surface area contributed by atoms with Gasteiger partial charge in [0.15, 0.2) is 0 Å². The molecule has 8 rings (SSSR count). The Morgan fingerprint density at radius 2 is 0.901 bits per heavy atom. The Morgan fingerprint density at radius 3 is 1.24 bits per heavy atom. The number of fused-ring (bicyclic) bond motifs is 10. The molecule has 0 aromatic heterocycles. The first kappa shape index (κ1) is 59.4. The van der Waals surface area contributed by atoms with Crippen LogP contribution in [0.3, 0.4) is 0 Å². The van der Waals surface area contributed by atoms with Crippen molar-refractivity contribution in [1.82, 2.24) is 9.80 Å². The second kappa shape index (κ2) is 22.6. The second-order valence-electron chi connectivity index (χ2n) is 26.0. The summed E-state index contributed by atoms with van der Waals surface area (Å²) in [4.78, 5) is 27.8. The molecular formula is C54H92FeN2O12S2. The van der Waals surface area contributed by atoms with Crippen molar-refractivity contribution >= 4 is 32.1 Å². The molecular weight excluding hydrogens is 989 g/mol. The maximum absolute atomic E-state index is 12.5. The van der Waals surface area contributed by atoms with Crippen LogP contribution in [0.4, 0.5) is 0 Å². The van der Waals surface area contributed by atoms with Crippen molar-refractivity contribution in [3.05, 3.63) is 0 Å². The van der Waals surface area contributed by atoms with Crippen LogP contribution in [0.1, 0.15) is 170 Å². The van der Waals surface area contributed by atoms with Gasteiger partial charge in [-0.15, -0.1) is 0 Å². The van der Waals surface area contributed by atoms with E-state index in [9.17, 15) is 56.0 Å². The topological polar surface area (TPSA) is 236 Å². The van der Waals surface area contributed by atoms with Crippen LogP contribution in [-0.2, 0) is 46.9 Å². The number of amides is 2. The molecule has 0 spiro atoms. The van der Waals surface area contributed by atoms with Crippen LogP contribution in [0.2, 0.25) is 0 Å². The molecule has 0 aromatic rings. The maximum atomic E-state index is 12.5. The van der Waals surface area contributed by atoms with E-state index in [2.05, 4.69) is 41.5 Å². The fourth-order valence-corrected chi connectivity index (χ4v) is 19.5. The van der Waals surface area contributed by atoms with Gasteiger partial charge in [-0.3, -0.25) is 9.59 Å². The van der Waals surface area contributed by atoms with Crippen LogP contribution in [0.25, 0.3) is 0 Å². The van der Waals surface area contributed by atoms with Crippen LogP contribution < -0.4 is 0 Å². The molecule has 2 amide bonds. The molecule has 0 unspecified atom stereocenters. The van der Waals surface area contributed by atoms with Gasteiger partial charge < -0.3 is 39.3 Å². The SMILES string of the molecule is C[C@H](CCC(=O)N(C)CCS(=O)(=O)[O-])[C@H]1CC[C@H]2[C@@H]3CC[C@@H]4C[C@H](O)CC[C@]4(C)[C@H]3C[C@H](O)[C@]12C.C[C@H](CCC(=O)N(C)CCS(=O)(=O)[O-])[C@H]1CC[C@H]2[C@@H]3CC[C@@H]4C[C@H](O)CC[C@]4(C)[C@H]3C[C@H](O)[C@]12C.[Fe+2]. The van der Waals surface area contributed by atoms with Crippen molar-refractivity contribution in [2.24, 2.45) is 92.7 Å². The van der Waals surface area contributed by atoms with Gasteiger partial charge in [-0.05, 0) is 208 Å². The Balaban J connectivity index is 0.000000229. The zero-order valence-electron chi connectivity index (χ0n) is 44.3. The summed E-state index contributed by atoms with van der Waals surface area (Å²) in [6, 6.07) is 0. The van der Waals surface area contributed by atoms with Gasteiger partial charge >= 0.3 is 17.1 Å². The number of hydrogen-bond donors (Lipinski definition) is 4. The van der Waals surface area contributed by atoms with Gasteiger partial charge in [0.05, 0.1) is 56.2 Å². The van der Waals surface area contributed by atoms with Gasteiger partial charge in [0.1, 0.15) is 0 Å². The van der Waals surface area contributed by atoms with Crippen LogP contribution in [0.5, 0.6) is 0 Å². The van der Waals surface area contributed by atoms with E-state index < -0.39 is 31.7 Å². The number of hydrogen-bond acceptors (Lipinski definition) is 12. The molecule has 8 fully saturated rings. The van der Waals surface area contributed by atoms with Gasteiger partial charge in [0.25, 0.3) is 0 Å². The number of carbonyl (C=O) groups is 2. The Kier molecular flexibility index (Phi) is 18.9. The molecule has 4 N–H and O–H groups in total. The summed E-state index contributed by atoms with van der Waals surface area (Å²) in [5.41, 5.74) is 0.179. The molecule has 0 aromatic carbocycles. The van der Waals surface area contributed by atoms with E-state index in [0.717, 1.165) is 77.0 Å². The Labute approximate surface area is 438 Å². The van der Waals surface area contributed by atoms with Crippen molar-refractivity contribution in [3.8, 4) is 0 Å². The van der Waals surface area contributed by atoms with Gasteiger partial charge in [-0.25, -0.2) is 16.8 Å². The van der Waals surface area contributed by atoms with Crippen molar-refractivity contribution in [1.29, 1.82) is 0 Å². The molecule has 0 heterocycles. The summed E-state index contributed by atoms with van der Waals surface area (Å²) in [5.74, 6) is 4.42. The van der Waals surface area contributed by atoms with E-state index >= 15 is 0 Å². The summed E-state index contributed by atoms with van der Waals surface area (Å²) in [6.45, 7) is 13.7. The average Bonchev–Trinajstić information content (AvgIpc) is 3.85. The van der Waals surface area contributed by atoms with Crippen molar-refractivity contribution in [2.75, 3.05) is 38.7 Å². The molecule has 8 saturated carbocycles. The number of aliphatic hydroxyl groups excluding tert-OH is 4. The number of carbonyl (C=O) groups excluding carboxylic acids is 2. The quantitative estimate of drug-likeness (QED) is 0.104. The van der Waals surface area contributed by atoms with E-state index in [0.29, 0.717) is 84.9 Å². The number of aliphatic hydroxyl groups is 4. The average molecular weight is 1080 g/mol. The van der Waals surface area contributed by atoms with Crippen LogP contribution in [0.15, 0.2) is 0 Å². The molecule has 8 aliphatic rings. The van der Waals surface area contributed by atoms with E-state index in [1.165, 1.54) is 35.5 Å². The first-order valence-electron chi connectivity index (χ1n) is 27.6. The fourth-order valence-electron chi connectivity index (χ4n) is 18.6. The van der Waals surface area contributed by atoms with Crippen LogP contribution >= 0.6 is 0 Å². The molecule has 8 aliphatic carbocycles. The third-order valence-electron chi connectivity index (χ3n) is 22.8. The summed E-state index contributed by atoms with van der Waals surface area (Å²) in [5, 5.41) is 43.8. The molecule has 0 bridgehead atoms. The monoisotopic (exact) mass is 1080 g/mol. The minimum absolute atomic E-state index is 0. The smallest absolute Gasteiger partial charge is 0.748 e. The normalized spacial score (nSPS) is 43.5. The molecule has 14 nitrogen and oxygen atoms in total. The second-order valence-corrected chi connectivity index (χ2v) is 29.0. The maximum Gasteiger partial charge on any atom is 2.00 e. The predicted molar refractivity (Wildman–Crippen MR) is 266 cm³/mol. The largest absolute Gasteiger partial charge is 2.00 e. The Bertz CT molecular complexity index is 1940. The minimum atomic E-state index is -4.33. The number of rotatable bonds is 14. The van der Waals surface area contributed by atoms with E-state index in [1.807, 2.05) is 0 Å². The van der Waals surface area contributed by atoms with E-state index in [4.69, 9.17) is 0 Å². The molecule has 410 valence electrons. The van der Waals surface area contributed by atoms with Crippen molar-refractivity contribution in [3.63, 3.8) is 0 Å². The summed E-state index contributed by atoms with van der Waals surface area (Å²) in [6.07, 6.45) is 17.8. The zero-order chi connectivity index (χ0) is 51.5. The van der Waals surface area contributed by atoms with Crippen molar-refractivity contribution in [2.45, 2.75) is 194 Å². The Morgan fingerprint density at radius 1 is 0.549 bits per heavy atom. The predicted octanol–water partition coefficient (Wildman–Crippen LogP) is 6.79. The summed E-state index contributed by atoms with van der Waals surface area (Å²) < 4.78 is 65.3.